The van der Waals surface area contributed by atoms with Crippen molar-refractivity contribution in [3.63, 3.8) is 0 Å². The third-order valence-electron chi connectivity index (χ3n) is 3.14. The molecule has 0 radical (unpaired) electrons. The smallest absolute Gasteiger partial charge is 0.357 e. The first kappa shape index (κ1) is 14.8. The fourth-order valence-corrected chi connectivity index (χ4v) is 1.99. The topological polar surface area (TPSA) is 86.8 Å². The highest BCUT2D eigenvalue weighted by Crippen LogP contribution is 2.32. The van der Waals surface area contributed by atoms with Crippen LogP contribution in [-0.2, 0) is 16.1 Å². The normalized spacial score (nSPS) is 11.8. The van der Waals surface area contributed by atoms with Crippen LogP contribution < -0.4 is 14.8 Å². The van der Waals surface area contributed by atoms with Crippen molar-refractivity contribution >= 4 is 11.9 Å². The van der Waals surface area contributed by atoms with E-state index in [0.29, 0.717) is 18.0 Å². The monoisotopic (exact) mass is 314 g/mol. The van der Waals surface area contributed by atoms with Gasteiger partial charge in [0.2, 0.25) is 6.79 Å². The molecule has 0 bridgehead atoms. The minimum Gasteiger partial charge on any atom is -0.454 e. The van der Waals surface area contributed by atoms with Crippen LogP contribution in [0.25, 0.3) is 0 Å². The summed E-state index contributed by atoms with van der Waals surface area (Å²) in [5.74, 6) is 0.304. The van der Waals surface area contributed by atoms with Gasteiger partial charge in [0.15, 0.2) is 18.1 Å². The van der Waals surface area contributed by atoms with Crippen molar-refractivity contribution in [2.45, 2.75) is 6.54 Å². The van der Waals surface area contributed by atoms with E-state index in [0.717, 1.165) is 5.56 Å². The number of carbonyl (C=O) groups excluding carboxylic acids is 2. The second-order valence-corrected chi connectivity index (χ2v) is 4.76. The minimum atomic E-state index is -0.635. The summed E-state index contributed by atoms with van der Waals surface area (Å²) in [6.45, 7) is 0.144. The Morgan fingerprint density at radius 2 is 2.04 bits per heavy atom. The molecule has 0 aliphatic carbocycles. The third kappa shape index (κ3) is 3.76. The summed E-state index contributed by atoms with van der Waals surface area (Å²) < 4.78 is 15.4. The average molecular weight is 314 g/mol. The van der Waals surface area contributed by atoms with E-state index in [4.69, 9.17) is 14.2 Å². The zero-order valence-electron chi connectivity index (χ0n) is 12.2. The van der Waals surface area contributed by atoms with Crippen LogP contribution in [0.3, 0.4) is 0 Å². The fraction of sp³-hybridized carbons (Fsp3) is 0.188. The van der Waals surface area contributed by atoms with Crippen LogP contribution in [0.15, 0.2) is 42.6 Å². The zero-order valence-corrected chi connectivity index (χ0v) is 12.2. The number of ether oxygens (including phenoxy) is 3. The molecule has 1 amide bonds. The lowest BCUT2D eigenvalue weighted by atomic mass is 10.2. The zero-order chi connectivity index (χ0) is 16.1. The van der Waals surface area contributed by atoms with Crippen molar-refractivity contribution in [2.24, 2.45) is 0 Å². The van der Waals surface area contributed by atoms with Crippen molar-refractivity contribution in [3.8, 4) is 11.5 Å². The second-order valence-electron chi connectivity index (χ2n) is 4.76. The minimum absolute atomic E-state index is 0.163. The summed E-state index contributed by atoms with van der Waals surface area (Å²) in [5.41, 5.74) is 1.02. The number of hydrogen-bond acceptors (Lipinski definition) is 6. The maximum Gasteiger partial charge on any atom is 0.357 e. The summed E-state index contributed by atoms with van der Waals surface area (Å²) in [6.07, 6.45) is 1.48. The van der Waals surface area contributed by atoms with Crippen LogP contribution in [0.4, 0.5) is 0 Å². The van der Waals surface area contributed by atoms with Gasteiger partial charge >= 0.3 is 5.97 Å². The van der Waals surface area contributed by atoms with Crippen molar-refractivity contribution in [1.29, 1.82) is 0 Å². The molecule has 118 valence electrons. The van der Waals surface area contributed by atoms with E-state index < -0.39 is 11.9 Å². The summed E-state index contributed by atoms with van der Waals surface area (Å²) in [4.78, 5) is 27.2. The van der Waals surface area contributed by atoms with E-state index in [1.54, 1.807) is 24.3 Å². The molecule has 1 aliphatic rings. The molecule has 2 heterocycles. The fourth-order valence-electron chi connectivity index (χ4n) is 1.99. The summed E-state index contributed by atoms with van der Waals surface area (Å²) >= 11 is 0. The SMILES string of the molecule is O=C(COC(=O)c1ccccn1)NCc1ccc2c(c1)OCO2. The van der Waals surface area contributed by atoms with Gasteiger partial charge in [-0.3, -0.25) is 4.79 Å². The Morgan fingerprint density at radius 1 is 1.17 bits per heavy atom. The number of hydrogen-bond donors (Lipinski definition) is 1. The number of nitrogens with zero attached hydrogens (tertiary/aromatic N) is 1. The number of aromatic nitrogens is 1. The Kier molecular flexibility index (Phi) is 4.37. The molecule has 0 saturated carbocycles. The molecular weight excluding hydrogens is 300 g/mol. The summed E-state index contributed by atoms with van der Waals surface area (Å²) in [5, 5.41) is 2.66. The first-order valence-electron chi connectivity index (χ1n) is 6.96. The molecule has 7 heteroatoms. The standard InChI is InChI=1S/C16H14N2O5/c19-15(9-21-16(20)12-3-1-2-6-17-12)18-8-11-4-5-13-14(7-11)23-10-22-13/h1-7H,8-10H2,(H,18,19). The van der Waals surface area contributed by atoms with Gasteiger partial charge in [0.05, 0.1) is 0 Å². The molecule has 7 nitrogen and oxygen atoms in total. The Morgan fingerprint density at radius 3 is 2.87 bits per heavy atom. The van der Waals surface area contributed by atoms with E-state index in [1.807, 2.05) is 6.07 Å². The van der Waals surface area contributed by atoms with E-state index in [9.17, 15) is 9.59 Å². The lowest BCUT2D eigenvalue weighted by Crippen LogP contribution is -2.28. The number of carbonyl (C=O) groups is 2. The number of amides is 1. The lowest BCUT2D eigenvalue weighted by molar-refractivity contribution is -0.124. The largest absolute Gasteiger partial charge is 0.454 e. The van der Waals surface area contributed by atoms with Crippen LogP contribution in [0.5, 0.6) is 11.5 Å². The first-order chi connectivity index (χ1) is 11.2. The van der Waals surface area contributed by atoms with Gasteiger partial charge < -0.3 is 19.5 Å². The number of esters is 1. The summed E-state index contributed by atoms with van der Waals surface area (Å²) in [6, 6.07) is 10.3. The molecule has 0 spiro atoms. The van der Waals surface area contributed by atoms with Crippen molar-refractivity contribution in [1.82, 2.24) is 10.3 Å². The highest BCUT2D eigenvalue weighted by atomic mass is 16.7. The second kappa shape index (κ2) is 6.78. The van der Waals surface area contributed by atoms with Gasteiger partial charge in [-0.25, -0.2) is 9.78 Å². The van der Waals surface area contributed by atoms with Crippen LogP contribution in [0.2, 0.25) is 0 Å². The van der Waals surface area contributed by atoms with Gasteiger partial charge in [-0.1, -0.05) is 12.1 Å². The highest BCUT2D eigenvalue weighted by Gasteiger charge is 2.14. The van der Waals surface area contributed by atoms with Crippen LogP contribution in [0.1, 0.15) is 16.1 Å². The van der Waals surface area contributed by atoms with Crippen LogP contribution in [-0.4, -0.2) is 30.3 Å². The predicted octanol–water partition coefficient (Wildman–Crippen LogP) is 1.28. The molecule has 0 saturated heterocycles. The van der Waals surface area contributed by atoms with Gasteiger partial charge in [0.25, 0.3) is 5.91 Å². The van der Waals surface area contributed by atoms with Gasteiger partial charge in [0, 0.05) is 12.7 Å². The molecule has 23 heavy (non-hydrogen) atoms. The number of pyridine rings is 1. The molecular formula is C16H14N2O5. The van der Waals surface area contributed by atoms with Crippen molar-refractivity contribution in [2.75, 3.05) is 13.4 Å². The van der Waals surface area contributed by atoms with Gasteiger partial charge in [0.1, 0.15) is 5.69 Å². The van der Waals surface area contributed by atoms with E-state index in [1.165, 1.54) is 12.3 Å². The van der Waals surface area contributed by atoms with Crippen LogP contribution in [0, 0.1) is 0 Å². The number of fused-ring (bicyclic) bond motifs is 1. The number of benzene rings is 1. The van der Waals surface area contributed by atoms with Crippen molar-refractivity contribution < 1.29 is 23.8 Å². The Bertz CT molecular complexity index is 718. The Balaban J connectivity index is 1.46. The molecule has 1 aromatic carbocycles. The van der Waals surface area contributed by atoms with Crippen LogP contribution >= 0.6 is 0 Å². The predicted molar refractivity (Wildman–Crippen MR) is 78.9 cm³/mol. The Hall–Kier alpha value is -3.09. The molecule has 3 rings (SSSR count). The Labute approximate surface area is 132 Å². The molecule has 0 atom stereocenters. The van der Waals surface area contributed by atoms with E-state index >= 15 is 0 Å². The maximum absolute atomic E-state index is 11.7. The van der Waals surface area contributed by atoms with Gasteiger partial charge in [-0.05, 0) is 29.8 Å². The third-order valence-corrected chi connectivity index (χ3v) is 3.14. The van der Waals surface area contributed by atoms with E-state index in [2.05, 4.69) is 10.3 Å². The lowest BCUT2D eigenvalue weighted by Gasteiger charge is -2.07. The van der Waals surface area contributed by atoms with Crippen molar-refractivity contribution in [3.05, 3.63) is 53.9 Å². The summed E-state index contributed by atoms with van der Waals surface area (Å²) in [7, 11) is 0. The average Bonchev–Trinajstić information content (AvgIpc) is 3.06. The molecule has 0 unspecified atom stereocenters. The quantitative estimate of drug-likeness (QED) is 0.837. The molecule has 1 N–H and O–H groups in total. The maximum atomic E-state index is 11.7. The van der Waals surface area contributed by atoms with Gasteiger partial charge in [-0.15, -0.1) is 0 Å². The van der Waals surface area contributed by atoms with Gasteiger partial charge in [-0.2, -0.15) is 0 Å². The van der Waals surface area contributed by atoms with E-state index in [-0.39, 0.29) is 19.1 Å². The molecule has 0 fully saturated rings. The molecule has 2 aromatic rings. The number of nitrogens with one attached hydrogen (secondary N) is 1. The first-order valence-corrected chi connectivity index (χ1v) is 6.96. The molecule has 1 aromatic heterocycles. The number of rotatable bonds is 5. The highest BCUT2D eigenvalue weighted by molar-refractivity contribution is 5.89. The molecule has 1 aliphatic heterocycles.